The first-order valence-corrected chi connectivity index (χ1v) is 5.12. The molecule has 0 bridgehead atoms. The number of carbonyl (C=O) groups is 1. The quantitative estimate of drug-likeness (QED) is 0.794. The summed E-state index contributed by atoms with van der Waals surface area (Å²) in [5.41, 5.74) is 6.84. The van der Waals surface area contributed by atoms with Gasteiger partial charge in [-0.15, -0.1) is 0 Å². The minimum absolute atomic E-state index is 0.171. The zero-order chi connectivity index (χ0) is 11.5. The van der Waals surface area contributed by atoms with E-state index in [1.807, 2.05) is 24.3 Å². The molecule has 1 aromatic rings. The van der Waals surface area contributed by atoms with Crippen molar-refractivity contribution in [3.63, 3.8) is 0 Å². The predicted octanol–water partition coefficient (Wildman–Crippen LogP) is 1.92. The van der Waals surface area contributed by atoms with Crippen LogP contribution in [0.4, 0.5) is 5.69 Å². The fourth-order valence-electron chi connectivity index (χ4n) is 1.16. The molecule has 0 radical (unpaired) electrons. The summed E-state index contributed by atoms with van der Waals surface area (Å²) in [6.07, 6.45) is 0.954. The standard InChI is InChI=1S/C12H18N2O/c1-4-9-6-5-7-10(8-9)14-11(15)12(2,3)13/h5-8H,4,13H2,1-3H3,(H,14,15). The molecule has 0 fully saturated rings. The van der Waals surface area contributed by atoms with E-state index in [4.69, 9.17) is 5.73 Å². The highest BCUT2D eigenvalue weighted by Crippen LogP contribution is 2.12. The third-order valence-electron chi connectivity index (χ3n) is 2.18. The van der Waals surface area contributed by atoms with E-state index in [1.54, 1.807) is 13.8 Å². The molecule has 3 heteroatoms. The average Bonchev–Trinajstić information content (AvgIpc) is 2.16. The molecule has 0 atom stereocenters. The molecule has 0 saturated carbocycles. The van der Waals surface area contributed by atoms with E-state index >= 15 is 0 Å². The van der Waals surface area contributed by atoms with Crippen molar-refractivity contribution in [3.8, 4) is 0 Å². The molecule has 0 aliphatic rings. The molecule has 3 N–H and O–H groups in total. The highest BCUT2D eigenvalue weighted by Gasteiger charge is 2.21. The first-order valence-electron chi connectivity index (χ1n) is 5.12. The monoisotopic (exact) mass is 206 g/mol. The Kier molecular flexibility index (Phi) is 3.48. The van der Waals surface area contributed by atoms with Gasteiger partial charge < -0.3 is 11.1 Å². The molecular weight excluding hydrogens is 188 g/mol. The van der Waals surface area contributed by atoms with Gasteiger partial charge >= 0.3 is 0 Å². The van der Waals surface area contributed by atoms with Gasteiger partial charge in [0.1, 0.15) is 0 Å². The van der Waals surface area contributed by atoms with Crippen molar-refractivity contribution in [2.45, 2.75) is 32.7 Å². The Hall–Kier alpha value is -1.35. The van der Waals surface area contributed by atoms with Crippen molar-refractivity contribution in [1.29, 1.82) is 0 Å². The van der Waals surface area contributed by atoms with Gasteiger partial charge in [-0.3, -0.25) is 4.79 Å². The number of amides is 1. The molecule has 0 aromatic heterocycles. The lowest BCUT2D eigenvalue weighted by Gasteiger charge is -2.18. The van der Waals surface area contributed by atoms with Crippen LogP contribution in [0, 0.1) is 0 Å². The van der Waals surface area contributed by atoms with Gasteiger partial charge in [-0.1, -0.05) is 19.1 Å². The SMILES string of the molecule is CCc1cccc(NC(=O)C(C)(C)N)c1. The summed E-state index contributed by atoms with van der Waals surface area (Å²) in [6, 6.07) is 7.79. The van der Waals surface area contributed by atoms with Crippen molar-refractivity contribution in [1.82, 2.24) is 0 Å². The van der Waals surface area contributed by atoms with Crippen molar-refractivity contribution in [3.05, 3.63) is 29.8 Å². The Bertz CT molecular complexity index is 353. The lowest BCUT2D eigenvalue weighted by Crippen LogP contribution is -2.45. The molecule has 82 valence electrons. The number of carbonyl (C=O) groups excluding carboxylic acids is 1. The lowest BCUT2D eigenvalue weighted by atomic mass is 10.1. The van der Waals surface area contributed by atoms with E-state index in [9.17, 15) is 4.79 Å². The second kappa shape index (κ2) is 4.45. The van der Waals surface area contributed by atoms with E-state index in [2.05, 4.69) is 12.2 Å². The highest BCUT2D eigenvalue weighted by atomic mass is 16.2. The largest absolute Gasteiger partial charge is 0.325 e. The fraction of sp³-hybridized carbons (Fsp3) is 0.417. The molecule has 15 heavy (non-hydrogen) atoms. The van der Waals surface area contributed by atoms with Crippen LogP contribution in [0.5, 0.6) is 0 Å². The number of benzene rings is 1. The van der Waals surface area contributed by atoms with Gasteiger partial charge in [0.2, 0.25) is 5.91 Å². The van der Waals surface area contributed by atoms with Crippen LogP contribution < -0.4 is 11.1 Å². The van der Waals surface area contributed by atoms with Gasteiger partial charge in [-0.25, -0.2) is 0 Å². The predicted molar refractivity (Wildman–Crippen MR) is 62.7 cm³/mol. The Morgan fingerprint density at radius 2 is 2.13 bits per heavy atom. The molecule has 0 unspecified atom stereocenters. The van der Waals surface area contributed by atoms with Gasteiger partial charge in [0.05, 0.1) is 5.54 Å². The Balaban J connectivity index is 2.77. The van der Waals surface area contributed by atoms with E-state index in [1.165, 1.54) is 5.56 Å². The van der Waals surface area contributed by atoms with Crippen molar-refractivity contribution >= 4 is 11.6 Å². The zero-order valence-electron chi connectivity index (χ0n) is 9.50. The molecule has 1 rings (SSSR count). The molecule has 0 aliphatic carbocycles. The minimum atomic E-state index is -0.845. The number of nitrogens with two attached hydrogens (primary N) is 1. The van der Waals surface area contributed by atoms with Crippen LogP contribution in [0.25, 0.3) is 0 Å². The first kappa shape index (κ1) is 11.7. The van der Waals surface area contributed by atoms with Gasteiger partial charge in [-0.2, -0.15) is 0 Å². The highest BCUT2D eigenvalue weighted by molar-refractivity contribution is 5.97. The summed E-state index contributed by atoms with van der Waals surface area (Å²) in [4.78, 5) is 11.6. The third-order valence-corrected chi connectivity index (χ3v) is 2.18. The van der Waals surface area contributed by atoms with Crippen LogP contribution in [-0.4, -0.2) is 11.4 Å². The molecule has 0 saturated heterocycles. The first-order chi connectivity index (χ1) is 6.93. The number of hydrogen-bond acceptors (Lipinski definition) is 2. The van der Waals surface area contributed by atoms with Gasteiger partial charge in [0, 0.05) is 5.69 Å². The number of hydrogen-bond donors (Lipinski definition) is 2. The topological polar surface area (TPSA) is 55.1 Å². The molecule has 1 aromatic carbocycles. The Morgan fingerprint density at radius 1 is 1.47 bits per heavy atom. The molecule has 0 spiro atoms. The third kappa shape index (κ3) is 3.36. The summed E-state index contributed by atoms with van der Waals surface area (Å²) in [7, 11) is 0. The molecule has 0 aliphatic heterocycles. The summed E-state index contributed by atoms with van der Waals surface area (Å²) in [5, 5.41) is 2.79. The van der Waals surface area contributed by atoms with E-state index in [0.717, 1.165) is 12.1 Å². The average molecular weight is 206 g/mol. The maximum atomic E-state index is 11.6. The number of nitrogens with one attached hydrogen (secondary N) is 1. The van der Waals surface area contributed by atoms with Crippen LogP contribution in [0.15, 0.2) is 24.3 Å². The lowest BCUT2D eigenvalue weighted by molar-refractivity contribution is -0.120. The van der Waals surface area contributed by atoms with Gasteiger partial charge in [0.15, 0.2) is 0 Å². The van der Waals surface area contributed by atoms with Crippen molar-refractivity contribution < 1.29 is 4.79 Å². The second-order valence-electron chi connectivity index (χ2n) is 4.23. The Labute approximate surface area is 90.7 Å². The number of anilines is 1. The van der Waals surface area contributed by atoms with Crippen LogP contribution in [0.2, 0.25) is 0 Å². The van der Waals surface area contributed by atoms with E-state index in [0.29, 0.717) is 0 Å². The molecule has 1 amide bonds. The van der Waals surface area contributed by atoms with Crippen molar-refractivity contribution in [2.75, 3.05) is 5.32 Å². The molecule has 0 heterocycles. The summed E-state index contributed by atoms with van der Waals surface area (Å²) >= 11 is 0. The fourth-order valence-corrected chi connectivity index (χ4v) is 1.16. The van der Waals surface area contributed by atoms with Crippen LogP contribution >= 0.6 is 0 Å². The van der Waals surface area contributed by atoms with Crippen LogP contribution in [0.1, 0.15) is 26.3 Å². The Morgan fingerprint density at radius 3 is 2.67 bits per heavy atom. The van der Waals surface area contributed by atoms with Crippen LogP contribution in [-0.2, 0) is 11.2 Å². The summed E-state index contributed by atoms with van der Waals surface area (Å²) in [5.74, 6) is -0.171. The van der Waals surface area contributed by atoms with E-state index < -0.39 is 5.54 Å². The van der Waals surface area contributed by atoms with Crippen LogP contribution in [0.3, 0.4) is 0 Å². The maximum Gasteiger partial charge on any atom is 0.243 e. The maximum absolute atomic E-state index is 11.6. The number of aryl methyl sites for hydroxylation is 1. The van der Waals surface area contributed by atoms with Gasteiger partial charge in [-0.05, 0) is 38.0 Å². The van der Waals surface area contributed by atoms with Gasteiger partial charge in [0.25, 0.3) is 0 Å². The normalized spacial score (nSPS) is 11.2. The second-order valence-corrected chi connectivity index (χ2v) is 4.23. The zero-order valence-corrected chi connectivity index (χ0v) is 9.50. The molecular formula is C12H18N2O. The van der Waals surface area contributed by atoms with Crippen molar-refractivity contribution in [2.24, 2.45) is 5.73 Å². The van der Waals surface area contributed by atoms with E-state index in [-0.39, 0.29) is 5.91 Å². The number of rotatable bonds is 3. The summed E-state index contributed by atoms with van der Waals surface area (Å²) in [6.45, 7) is 5.45. The molecule has 3 nitrogen and oxygen atoms in total. The minimum Gasteiger partial charge on any atom is -0.325 e. The smallest absolute Gasteiger partial charge is 0.243 e. The summed E-state index contributed by atoms with van der Waals surface area (Å²) < 4.78 is 0.